The summed E-state index contributed by atoms with van der Waals surface area (Å²) in [4.78, 5) is 46.8. The molecule has 0 unspecified atom stereocenters. The summed E-state index contributed by atoms with van der Waals surface area (Å²) in [5.74, 6) is -1.82. The predicted octanol–water partition coefficient (Wildman–Crippen LogP) is 2.70. The number of carbonyl (C=O) groups is 4. The molecule has 0 atom stereocenters. The number of esters is 2. The summed E-state index contributed by atoms with van der Waals surface area (Å²) in [5.41, 5.74) is 1.92. The van der Waals surface area contributed by atoms with Gasteiger partial charge in [0.2, 0.25) is 0 Å². The number of benzene rings is 2. The van der Waals surface area contributed by atoms with E-state index in [1.165, 1.54) is 26.1 Å². The van der Waals surface area contributed by atoms with E-state index in [0.717, 1.165) is 4.47 Å². The second-order valence-electron chi connectivity index (χ2n) is 6.38. The van der Waals surface area contributed by atoms with Crippen LogP contribution in [0.3, 0.4) is 0 Å². The third-order valence-corrected chi connectivity index (χ3v) is 4.55. The Balaban J connectivity index is 1.82. The fourth-order valence-electron chi connectivity index (χ4n) is 2.85. The fraction of sp³-hybridized carbons (Fsp3) is 0.143. The molecule has 2 amide bonds. The quantitative estimate of drug-likeness (QED) is 0.297. The van der Waals surface area contributed by atoms with Crippen molar-refractivity contribution in [3.63, 3.8) is 0 Å². The Labute approximate surface area is 180 Å². The van der Waals surface area contributed by atoms with Crippen LogP contribution in [0.15, 0.2) is 47.1 Å². The zero-order valence-corrected chi connectivity index (χ0v) is 17.7. The minimum Gasteiger partial charge on any atom is -0.423 e. The van der Waals surface area contributed by atoms with Crippen molar-refractivity contribution < 1.29 is 28.7 Å². The van der Waals surface area contributed by atoms with Gasteiger partial charge in [0.15, 0.2) is 11.5 Å². The molecule has 2 aromatic carbocycles. The smallest absolute Gasteiger partial charge is 0.308 e. The van der Waals surface area contributed by atoms with Gasteiger partial charge in [-0.15, -0.1) is 0 Å². The summed E-state index contributed by atoms with van der Waals surface area (Å²) in [6, 6.07) is 9.81. The van der Waals surface area contributed by atoms with Gasteiger partial charge in [0.25, 0.3) is 11.8 Å². The van der Waals surface area contributed by atoms with Gasteiger partial charge in [-0.05, 0) is 35.9 Å². The Bertz CT molecular complexity index is 1090. The van der Waals surface area contributed by atoms with Crippen LogP contribution in [0.4, 0.5) is 0 Å². The van der Waals surface area contributed by atoms with E-state index >= 15 is 0 Å². The van der Waals surface area contributed by atoms with Crippen molar-refractivity contribution in [2.75, 3.05) is 0 Å². The molecule has 0 spiro atoms. The Morgan fingerprint density at radius 1 is 0.967 bits per heavy atom. The van der Waals surface area contributed by atoms with Crippen molar-refractivity contribution >= 4 is 45.3 Å². The molecule has 0 radical (unpaired) electrons. The van der Waals surface area contributed by atoms with Gasteiger partial charge in [-0.25, -0.2) is 0 Å². The number of imide groups is 1. The van der Waals surface area contributed by atoms with E-state index in [2.05, 4.69) is 26.6 Å². The molecule has 0 saturated heterocycles. The van der Waals surface area contributed by atoms with Gasteiger partial charge in [0, 0.05) is 42.2 Å². The molecule has 0 aromatic heterocycles. The lowest BCUT2D eigenvalue weighted by Crippen LogP contribution is -2.37. The lowest BCUT2D eigenvalue weighted by molar-refractivity contribution is -0.134. The maximum Gasteiger partial charge on any atom is 0.308 e. The van der Waals surface area contributed by atoms with E-state index in [9.17, 15) is 19.2 Å². The van der Waals surface area contributed by atoms with E-state index in [0.29, 0.717) is 22.3 Å². The lowest BCUT2D eigenvalue weighted by Gasteiger charge is -2.18. The summed E-state index contributed by atoms with van der Waals surface area (Å²) in [7, 11) is 0. The van der Waals surface area contributed by atoms with Gasteiger partial charge < -0.3 is 14.8 Å². The molecular formula is C21H17BrN2O6. The maximum absolute atomic E-state index is 12.3. The van der Waals surface area contributed by atoms with Gasteiger partial charge >= 0.3 is 11.9 Å². The number of nitrogens with one attached hydrogen (secondary N) is 2. The third kappa shape index (κ3) is 4.93. The SMILES string of the molecule is CC(=O)Oc1ccc(CN/C=C2\C(=O)NC(=O)c3ccc(Br)cc32)cc1OC(C)=O. The molecule has 0 saturated carbocycles. The topological polar surface area (TPSA) is 111 Å². The molecule has 3 rings (SSSR count). The van der Waals surface area contributed by atoms with E-state index in [1.807, 2.05) is 0 Å². The van der Waals surface area contributed by atoms with E-state index in [4.69, 9.17) is 9.47 Å². The van der Waals surface area contributed by atoms with Crippen LogP contribution >= 0.6 is 15.9 Å². The van der Waals surface area contributed by atoms with Crippen molar-refractivity contribution in [1.82, 2.24) is 10.6 Å². The molecule has 9 heteroatoms. The van der Waals surface area contributed by atoms with Crippen molar-refractivity contribution in [2.24, 2.45) is 0 Å². The minimum absolute atomic E-state index is 0.111. The van der Waals surface area contributed by atoms with Crippen LogP contribution in [0.2, 0.25) is 0 Å². The third-order valence-electron chi connectivity index (χ3n) is 4.06. The molecule has 30 heavy (non-hydrogen) atoms. The van der Waals surface area contributed by atoms with Gasteiger partial charge in [-0.3, -0.25) is 24.5 Å². The molecule has 0 aliphatic carbocycles. The zero-order chi connectivity index (χ0) is 21.8. The average Bonchev–Trinajstić information content (AvgIpc) is 2.65. The second-order valence-corrected chi connectivity index (χ2v) is 7.30. The number of hydrogen-bond donors (Lipinski definition) is 2. The van der Waals surface area contributed by atoms with Crippen LogP contribution in [-0.4, -0.2) is 23.8 Å². The Morgan fingerprint density at radius 2 is 1.67 bits per heavy atom. The number of rotatable bonds is 5. The number of halogens is 1. The summed E-state index contributed by atoms with van der Waals surface area (Å²) in [6.45, 7) is 2.77. The number of fused-ring (bicyclic) bond motifs is 1. The van der Waals surface area contributed by atoms with Gasteiger partial charge in [-0.1, -0.05) is 22.0 Å². The standard InChI is InChI=1S/C21H17BrN2O6/c1-11(25)29-18-6-3-13(7-19(18)30-12(2)26)9-23-10-17-16-8-14(22)4-5-15(16)20(27)24-21(17)28/h3-8,10,23H,9H2,1-2H3,(H,24,27,28)/b17-10-. The van der Waals surface area contributed by atoms with Crippen molar-refractivity contribution in [2.45, 2.75) is 20.4 Å². The summed E-state index contributed by atoms with van der Waals surface area (Å²) >= 11 is 3.35. The van der Waals surface area contributed by atoms with E-state index < -0.39 is 23.8 Å². The maximum atomic E-state index is 12.3. The minimum atomic E-state index is -0.554. The summed E-state index contributed by atoms with van der Waals surface area (Å²) < 4.78 is 10.9. The van der Waals surface area contributed by atoms with Crippen LogP contribution in [0.5, 0.6) is 11.5 Å². The first-order valence-electron chi connectivity index (χ1n) is 8.83. The molecule has 1 aliphatic heterocycles. The molecule has 2 N–H and O–H groups in total. The first-order valence-corrected chi connectivity index (χ1v) is 9.63. The molecule has 2 aromatic rings. The average molecular weight is 473 g/mol. The molecule has 0 bridgehead atoms. The van der Waals surface area contributed by atoms with Crippen molar-refractivity contribution in [1.29, 1.82) is 0 Å². The molecule has 0 fully saturated rings. The molecule has 1 heterocycles. The van der Waals surface area contributed by atoms with Gasteiger partial charge in [-0.2, -0.15) is 0 Å². The number of amides is 2. The Kier molecular flexibility index (Phi) is 6.31. The summed E-state index contributed by atoms with van der Waals surface area (Å²) in [6.07, 6.45) is 1.51. The molecule has 154 valence electrons. The van der Waals surface area contributed by atoms with Crippen molar-refractivity contribution in [3.05, 3.63) is 63.8 Å². The predicted molar refractivity (Wildman–Crippen MR) is 110 cm³/mol. The molecular weight excluding hydrogens is 456 g/mol. The number of hydrogen-bond acceptors (Lipinski definition) is 7. The van der Waals surface area contributed by atoms with Crippen LogP contribution < -0.4 is 20.1 Å². The highest BCUT2D eigenvalue weighted by molar-refractivity contribution is 9.10. The van der Waals surface area contributed by atoms with Crippen molar-refractivity contribution in [3.8, 4) is 11.5 Å². The van der Waals surface area contributed by atoms with Gasteiger partial charge in [0.05, 0.1) is 5.57 Å². The van der Waals surface area contributed by atoms with Crippen LogP contribution in [0.1, 0.15) is 35.3 Å². The highest BCUT2D eigenvalue weighted by Gasteiger charge is 2.27. The largest absolute Gasteiger partial charge is 0.423 e. The highest BCUT2D eigenvalue weighted by atomic mass is 79.9. The van der Waals surface area contributed by atoms with E-state index in [1.54, 1.807) is 30.3 Å². The van der Waals surface area contributed by atoms with Gasteiger partial charge in [0.1, 0.15) is 0 Å². The number of carbonyl (C=O) groups excluding carboxylic acids is 4. The summed E-state index contributed by atoms with van der Waals surface area (Å²) in [5, 5.41) is 5.32. The molecule has 8 nitrogen and oxygen atoms in total. The Morgan fingerprint density at radius 3 is 2.37 bits per heavy atom. The number of ether oxygens (including phenoxy) is 2. The lowest BCUT2D eigenvalue weighted by atomic mass is 9.95. The second kappa shape index (κ2) is 8.91. The van der Waals surface area contributed by atoms with Crippen LogP contribution in [-0.2, 0) is 20.9 Å². The van der Waals surface area contributed by atoms with Crippen LogP contribution in [0, 0.1) is 0 Å². The first-order chi connectivity index (χ1) is 14.2. The zero-order valence-electron chi connectivity index (χ0n) is 16.1. The highest BCUT2D eigenvalue weighted by Crippen LogP contribution is 2.29. The Hall–Kier alpha value is -3.46. The first kappa shape index (κ1) is 21.3. The van der Waals surface area contributed by atoms with E-state index in [-0.39, 0.29) is 18.0 Å². The fourth-order valence-corrected chi connectivity index (χ4v) is 3.21. The molecule has 1 aliphatic rings. The van der Waals surface area contributed by atoms with Crippen LogP contribution in [0.25, 0.3) is 5.57 Å². The normalized spacial score (nSPS) is 14.0. The monoisotopic (exact) mass is 472 g/mol.